The van der Waals surface area contributed by atoms with Crippen molar-refractivity contribution >= 4 is 28.6 Å². The summed E-state index contributed by atoms with van der Waals surface area (Å²) in [4.78, 5) is 16.4. The first-order valence-electron chi connectivity index (χ1n) is 9.47. The molecule has 3 aromatic heterocycles. The van der Waals surface area contributed by atoms with E-state index in [1.807, 2.05) is 0 Å². The van der Waals surface area contributed by atoms with Gasteiger partial charge in [0.2, 0.25) is 0 Å². The number of rotatable bonds is 8. The number of aliphatic hydroxyl groups excluding tert-OH is 1. The summed E-state index contributed by atoms with van der Waals surface area (Å²) in [5.74, 6) is 1.51. The van der Waals surface area contributed by atoms with Gasteiger partial charge in [0, 0.05) is 12.3 Å². The number of nitrogens with one attached hydrogen (secondary N) is 3. The van der Waals surface area contributed by atoms with Crippen molar-refractivity contribution in [1.82, 2.24) is 30.1 Å². The van der Waals surface area contributed by atoms with Crippen LogP contribution in [-0.4, -0.2) is 47.6 Å². The van der Waals surface area contributed by atoms with Crippen LogP contribution in [0, 0.1) is 0 Å². The summed E-state index contributed by atoms with van der Waals surface area (Å²) in [6, 6.07) is 8.28. The first kappa shape index (κ1) is 19.4. The Labute approximate surface area is 172 Å². The molecule has 0 aliphatic rings. The number of fused-ring (bicyclic) bond motifs is 1. The number of aromatic nitrogens is 6. The van der Waals surface area contributed by atoms with E-state index in [-0.39, 0.29) is 12.5 Å². The van der Waals surface area contributed by atoms with Crippen molar-refractivity contribution in [2.24, 2.45) is 0 Å². The van der Waals surface area contributed by atoms with Gasteiger partial charge in [-0.3, -0.25) is 5.10 Å². The molecule has 0 bridgehead atoms. The summed E-state index contributed by atoms with van der Waals surface area (Å²) in [5.41, 5.74) is 5.76. The molecule has 0 atom stereocenters. The maximum Gasteiger partial charge on any atom is 0.190 e. The molecular formula is C20H23N7OS. The lowest BCUT2D eigenvalue weighted by Gasteiger charge is -2.09. The Bertz CT molecular complexity index is 1070. The highest BCUT2D eigenvalue weighted by atomic mass is 32.2. The van der Waals surface area contributed by atoms with Crippen molar-refractivity contribution in [3.05, 3.63) is 48.0 Å². The third kappa shape index (κ3) is 4.25. The number of thioether (sulfide) groups is 1. The van der Waals surface area contributed by atoms with Crippen LogP contribution in [0.2, 0.25) is 0 Å². The van der Waals surface area contributed by atoms with Gasteiger partial charge in [0.1, 0.15) is 5.52 Å². The van der Waals surface area contributed by atoms with Gasteiger partial charge in [-0.25, -0.2) is 15.0 Å². The number of aromatic amines is 2. The Morgan fingerprint density at radius 2 is 1.97 bits per heavy atom. The Morgan fingerprint density at radius 3 is 2.66 bits per heavy atom. The lowest BCUT2D eigenvalue weighted by Crippen LogP contribution is -2.04. The Morgan fingerprint density at radius 1 is 1.14 bits per heavy atom. The molecule has 0 radical (unpaired) electrons. The third-order valence-corrected chi connectivity index (χ3v) is 5.36. The van der Waals surface area contributed by atoms with E-state index >= 15 is 0 Å². The van der Waals surface area contributed by atoms with E-state index < -0.39 is 0 Å². The fraction of sp³-hybridized carbons (Fsp3) is 0.300. The minimum Gasteiger partial charge on any atom is -0.396 e. The predicted octanol–water partition coefficient (Wildman–Crippen LogP) is 3.56. The number of hydrogen-bond acceptors (Lipinski definition) is 7. The van der Waals surface area contributed by atoms with Gasteiger partial charge in [-0.2, -0.15) is 5.10 Å². The molecule has 0 amide bonds. The average Bonchev–Trinajstić information content (AvgIpc) is 3.41. The van der Waals surface area contributed by atoms with Gasteiger partial charge in [-0.05, 0) is 17.0 Å². The van der Waals surface area contributed by atoms with E-state index in [0.29, 0.717) is 23.3 Å². The molecule has 0 fully saturated rings. The number of aliphatic hydroxyl groups is 1. The van der Waals surface area contributed by atoms with Gasteiger partial charge < -0.3 is 15.4 Å². The zero-order valence-corrected chi connectivity index (χ0v) is 17.1. The molecule has 0 aliphatic heterocycles. The Balaban J connectivity index is 1.57. The van der Waals surface area contributed by atoms with Crippen molar-refractivity contribution in [2.75, 3.05) is 17.7 Å². The number of H-pyrrole nitrogens is 2. The van der Waals surface area contributed by atoms with Gasteiger partial charge in [-0.15, -0.1) is 0 Å². The molecule has 0 aliphatic carbocycles. The standard InChI is InChI=1S/C20H23N7OS/c1-12(2)16-17-18(27-26-16)19(25-20(24-17)29-8-7-28)22-9-13-3-5-14(6-4-13)15-10-21-11-23-15/h3-6,10-12,28H,7-9H2,1-2H3,(H,21,23)(H,26,27)(H,22,24,25). The number of benzene rings is 1. The van der Waals surface area contributed by atoms with Crippen molar-refractivity contribution in [3.63, 3.8) is 0 Å². The number of imidazole rings is 1. The molecule has 1 aromatic carbocycles. The molecule has 9 heteroatoms. The zero-order valence-electron chi connectivity index (χ0n) is 16.3. The van der Waals surface area contributed by atoms with Gasteiger partial charge in [0.15, 0.2) is 16.5 Å². The fourth-order valence-electron chi connectivity index (χ4n) is 3.03. The highest BCUT2D eigenvalue weighted by molar-refractivity contribution is 7.99. The minimum atomic E-state index is 0.0833. The second-order valence-corrected chi connectivity index (χ2v) is 7.99. The molecule has 4 rings (SSSR count). The number of hydrogen-bond donors (Lipinski definition) is 4. The second kappa shape index (κ2) is 8.62. The van der Waals surface area contributed by atoms with Crippen molar-refractivity contribution in [3.8, 4) is 11.3 Å². The average molecular weight is 410 g/mol. The molecule has 3 heterocycles. The fourth-order valence-corrected chi connectivity index (χ4v) is 3.61. The summed E-state index contributed by atoms with van der Waals surface area (Å²) in [7, 11) is 0. The lowest BCUT2D eigenvalue weighted by molar-refractivity contribution is 0.322. The molecule has 4 aromatic rings. The van der Waals surface area contributed by atoms with Crippen LogP contribution in [0.1, 0.15) is 31.0 Å². The summed E-state index contributed by atoms with van der Waals surface area (Å²) < 4.78 is 0. The van der Waals surface area contributed by atoms with Gasteiger partial charge in [0.25, 0.3) is 0 Å². The van der Waals surface area contributed by atoms with Crippen LogP contribution < -0.4 is 5.32 Å². The topological polar surface area (TPSA) is 115 Å². The van der Waals surface area contributed by atoms with Crippen LogP contribution in [0.3, 0.4) is 0 Å². The molecule has 0 saturated carbocycles. The predicted molar refractivity (Wildman–Crippen MR) is 115 cm³/mol. The summed E-state index contributed by atoms with van der Waals surface area (Å²) >= 11 is 1.43. The highest BCUT2D eigenvalue weighted by Gasteiger charge is 2.17. The molecule has 0 unspecified atom stereocenters. The van der Waals surface area contributed by atoms with E-state index in [1.165, 1.54) is 11.8 Å². The number of anilines is 1. The quantitative estimate of drug-likeness (QED) is 0.260. The largest absolute Gasteiger partial charge is 0.396 e. The normalized spacial score (nSPS) is 11.4. The van der Waals surface area contributed by atoms with Gasteiger partial charge >= 0.3 is 0 Å². The van der Waals surface area contributed by atoms with Crippen LogP contribution >= 0.6 is 11.8 Å². The van der Waals surface area contributed by atoms with Crippen molar-refractivity contribution in [1.29, 1.82) is 0 Å². The van der Waals surface area contributed by atoms with Crippen LogP contribution in [0.5, 0.6) is 0 Å². The Kier molecular flexibility index (Phi) is 5.77. The van der Waals surface area contributed by atoms with E-state index in [4.69, 9.17) is 5.11 Å². The van der Waals surface area contributed by atoms with Crippen LogP contribution in [0.4, 0.5) is 5.82 Å². The van der Waals surface area contributed by atoms with E-state index in [1.54, 1.807) is 12.5 Å². The molecule has 150 valence electrons. The van der Waals surface area contributed by atoms with Crippen LogP contribution in [0.15, 0.2) is 41.9 Å². The SMILES string of the molecule is CC(C)c1[nH]nc2c(NCc3ccc(-c4cnc[nH]4)cc3)nc(SCCO)nc12. The first-order chi connectivity index (χ1) is 14.2. The van der Waals surface area contributed by atoms with Crippen molar-refractivity contribution < 1.29 is 5.11 Å². The van der Waals surface area contributed by atoms with E-state index in [2.05, 4.69) is 73.6 Å². The van der Waals surface area contributed by atoms with Crippen molar-refractivity contribution in [2.45, 2.75) is 31.5 Å². The second-order valence-electron chi connectivity index (χ2n) is 6.93. The third-order valence-electron chi connectivity index (χ3n) is 4.53. The zero-order chi connectivity index (χ0) is 20.2. The summed E-state index contributed by atoms with van der Waals surface area (Å²) in [5, 5.41) is 20.7. The lowest BCUT2D eigenvalue weighted by atomic mass is 10.1. The van der Waals surface area contributed by atoms with E-state index in [0.717, 1.165) is 33.5 Å². The molecule has 8 nitrogen and oxygen atoms in total. The minimum absolute atomic E-state index is 0.0833. The smallest absolute Gasteiger partial charge is 0.190 e. The molecule has 0 spiro atoms. The first-order valence-corrected chi connectivity index (χ1v) is 10.5. The van der Waals surface area contributed by atoms with Gasteiger partial charge in [0.05, 0.1) is 30.5 Å². The highest BCUT2D eigenvalue weighted by Crippen LogP contribution is 2.28. The monoisotopic (exact) mass is 409 g/mol. The molecule has 29 heavy (non-hydrogen) atoms. The van der Waals surface area contributed by atoms with Crippen LogP contribution in [-0.2, 0) is 6.54 Å². The van der Waals surface area contributed by atoms with Gasteiger partial charge in [-0.1, -0.05) is 49.9 Å². The maximum atomic E-state index is 9.14. The summed E-state index contributed by atoms with van der Waals surface area (Å²) in [6.07, 6.45) is 3.48. The Hall–Kier alpha value is -2.91. The van der Waals surface area contributed by atoms with E-state index in [9.17, 15) is 0 Å². The molecule has 0 saturated heterocycles. The molecule has 4 N–H and O–H groups in total. The molecular weight excluding hydrogens is 386 g/mol. The number of nitrogens with zero attached hydrogens (tertiary/aromatic N) is 4. The van der Waals surface area contributed by atoms with Crippen LogP contribution in [0.25, 0.3) is 22.3 Å². The summed E-state index contributed by atoms with van der Waals surface area (Å²) in [6.45, 7) is 4.90. The maximum absolute atomic E-state index is 9.14.